The first-order valence-corrected chi connectivity index (χ1v) is 16.2. The molecule has 12 heteroatoms. The number of pyridine rings is 1. The van der Waals surface area contributed by atoms with Crippen LogP contribution >= 0.6 is 0 Å². The maximum absolute atomic E-state index is 14.4. The number of rotatable bonds is 8. The summed E-state index contributed by atoms with van der Waals surface area (Å²) in [5, 5.41) is 0. The maximum Gasteiger partial charge on any atom is 0.410 e. The highest BCUT2D eigenvalue weighted by Crippen LogP contribution is 2.52. The van der Waals surface area contributed by atoms with Gasteiger partial charge in [-0.25, -0.2) is 19.2 Å². The third-order valence-electron chi connectivity index (χ3n) is 8.81. The zero-order valence-electron chi connectivity index (χ0n) is 28.1. The van der Waals surface area contributed by atoms with Crippen LogP contribution in [-0.4, -0.2) is 73.6 Å². The minimum absolute atomic E-state index is 0.0537. The fraction of sp³-hybridized carbons (Fsp3) is 0.514. The second kappa shape index (κ2) is 12.3. The summed E-state index contributed by atoms with van der Waals surface area (Å²) in [4.78, 5) is 44.8. The average Bonchev–Trinajstić information content (AvgIpc) is 3.39. The highest BCUT2D eigenvalue weighted by Gasteiger charge is 2.54. The van der Waals surface area contributed by atoms with Gasteiger partial charge in [-0.2, -0.15) is 0 Å². The molecule has 250 valence electrons. The van der Waals surface area contributed by atoms with Gasteiger partial charge in [0.25, 0.3) is 5.91 Å². The third kappa shape index (κ3) is 6.68. The van der Waals surface area contributed by atoms with Crippen LogP contribution in [0.2, 0.25) is 0 Å². The minimum atomic E-state index is -0.569. The van der Waals surface area contributed by atoms with Gasteiger partial charge in [-0.15, -0.1) is 0 Å². The number of ether oxygens (including phenoxy) is 3. The Morgan fingerprint density at radius 1 is 1.00 bits per heavy atom. The Morgan fingerprint density at radius 3 is 2.40 bits per heavy atom. The van der Waals surface area contributed by atoms with Gasteiger partial charge in [0, 0.05) is 42.3 Å². The summed E-state index contributed by atoms with van der Waals surface area (Å²) < 4.78 is 32.6. The lowest BCUT2D eigenvalue weighted by Crippen LogP contribution is -2.65. The van der Waals surface area contributed by atoms with Crippen molar-refractivity contribution in [3.05, 3.63) is 65.6 Å². The van der Waals surface area contributed by atoms with Crippen molar-refractivity contribution in [1.29, 1.82) is 0 Å². The monoisotopic (exact) mass is 646 g/mol. The van der Waals surface area contributed by atoms with Crippen LogP contribution in [0.25, 0.3) is 0 Å². The van der Waals surface area contributed by atoms with Gasteiger partial charge in [-0.3, -0.25) is 14.7 Å². The molecule has 0 radical (unpaired) electrons. The number of carbonyl (C=O) groups is 2. The molecule has 1 saturated carbocycles. The predicted octanol–water partition coefficient (Wildman–Crippen LogP) is 6.36. The zero-order valence-corrected chi connectivity index (χ0v) is 28.1. The number of aromatic nitrogens is 3. The lowest BCUT2D eigenvalue weighted by Gasteiger charge is -2.58. The molecule has 0 N–H and O–H groups in total. The van der Waals surface area contributed by atoms with Crippen LogP contribution in [0.5, 0.6) is 17.2 Å². The Hall–Kier alpha value is -4.48. The minimum Gasteiger partial charge on any atom is -0.490 e. The Kier molecular flexibility index (Phi) is 8.48. The summed E-state index contributed by atoms with van der Waals surface area (Å²) in [5.74, 6) is 1.22. The fourth-order valence-corrected chi connectivity index (χ4v) is 6.86. The fourth-order valence-electron chi connectivity index (χ4n) is 6.86. The number of amides is 2. The van der Waals surface area contributed by atoms with Crippen LogP contribution in [0, 0.1) is 11.2 Å². The van der Waals surface area contributed by atoms with Crippen molar-refractivity contribution in [2.24, 2.45) is 5.41 Å². The molecule has 11 nitrogen and oxygen atoms in total. The summed E-state index contributed by atoms with van der Waals surface area (Å²) >= 11 is 0. The van der Waals surface area contributed by atoms with E-state index in [1.54, 1.807) is 22.2 Å². The summed E-state index contributed by atoms with van der Waals surface area (Å²) in [7, 11) is 0. The van der Waals surface area contributed by atoms with Crippen LogP contribution < -0.4 is 14.4 Å². The van der Waals surface area contributed by atoms with Crippen molar-refractivity contribution in [2.75, 3.05) is 18.0 Å². The highest BCUT2D eigenvalue weighted by atomic mass is 19.1. The van der Waals surface area contributed by atoms with Crippen molar-refractivity contribution in [1.82, 2.24) is 24.8 Å². The number of halogens is 1. The summed E-state index contributed by atoms with van der Waals surface area (Å²) in [6.45, 7) is 15.6. The zero-order chi connectivity index (χ0) is 33.7. The Balaban J connectivity index is 1.09. The van der Waals surface area contributed by atoms with Gasteiger partial charge in [-0.1, -0.05) is 0 Å². The Bertz CT molecular complexity index is 1650. The Labute approximate surface area is 275 Å². The lowest BCUT2D eigenvalue weighted by molar-refractivity contribution is -0.0349. The number of anilines is 1. The molecule has 1 aliphatic carbocycles. The second-order valence-corrected chi connectivity index (χ2v) is 14.4. The van der Waals surface area contributed by atoms with Gasteiger partial charge in [0.2, 0.25) is 0 Å². The average molecular weight is 647 g/mol. The molecule has 3 aliphatic rings. The SMILES string of the molecule is CC(C)N(C(=O)c1cc(F)ccc1Oc1cncnc1N1CC2(CC(Oc3ccnc4c3CN(C(=O)OC(C)(C)C)C4)C2)C1)C(C)C. The molecular weight excluding hydrogens is 603 g/mol. The molecule has 3 aromatic rings. The van der Waals surface area contributed by atoms with Crippen LogP contribution in [-0.2, 0) is 17.8 Å². The van der Waals surface area contributed by atoms with Gasteiger partial charge in [0.05, 0.1) is 30.5 Å². The number of nitrogens with zero attached hydrogens (tertiary/aromatic N) is 6. The molecule has 2 amide bonds. The molecule has 2 aromatic heterocycles. The van der Waals surface area contributed by atoms with Gasteiger partial charge in [-0.05, 0) is 85.6 Å². The quantitative estimate of drug-likeness (QED) is 0.276. The van der Waals surface area contributed by atoms with E-state index < -0.39 is 11.4 Å². The first-order chi connectivity index (χ1) is 22.2. The van der Waals surface area contributed by atoms with Crippen molar-refractivity contribution in [2.45, 2.75) is 98.2 Å². The molecule has 0 unspecified atom stereocenters. The first-order valence-electron chi connectivity index (χ1n) is 16.2. The van der Waals surface area contributed by atoms with E-state index in [1.807, 2.05) is 54.5 Å². The topological polar surface area (TPSA) is 110 Å². The standard InChI is InChI=1S/C35H43FN6O5/c1-21(2)42(22(3)4)32(43)25-12-23(36)8-9-28(25)46-30-15-37-20-39-31(30)41-18-35(19-41)13-24(14-35)45-29-10-11-38-27-17-40(16-26(27)29)33(44)47-34(5,6)7/h8-12,15,20-22,24H,13-14,16-19H2,1-7H3. The van der Waals surface area contributed by atoms with E-state index in [9.17, 15) is 14.0 Å². The molecule has 2 aliphatic heterocycles. The molecule has 0 atom stereocenters. The van der Waals surface area contributed by atoms with Gasteiger partial charge >= 0.3 is 6.09 Å². The third-order valence-corrected chi connectivity index (χ3v) is 8.81. The van der Waals surface area contributed by atoms with E-state index in [0.717, 1.165) is 42.9 Å². The van der Waals surface area contributed by atoms with E-state index in [0.29, 0.717) is 24.7 Å². The van der Waals surface area contributed by atoms with Gasteiger partial charge in [0.1, 0.15) is 35.3 Å². The van der Waals surface area contributed by atoms with E-state index >= 15 is 0 Å². The molecule has 6 rings (SSSR count). The normalized spacial score (nSPS) is 17.0. The van der Waals surface area contributed by atoms with Crippen LogP contribution in [0.1, 0.15) is 82.9 Å². The molecule has 2 fully saturated rings. The number of benzene rings is 1. The lowest BCUT2D eigenvalue weighted by atomic mass is 9.61. The van der Waals surface area contributed by atoms with Crippen molar-refractivity contribution in [3.8, 4) is 17.2 Å². The van der Waals surface area contributed by atoms with Gasteiger partial charge in [0.15, 0.2) is 11.6 Å². The highest BCUT2D eigenvalue weighted by molar-refractivity contribution is 5.97. The summed E-state index contributed by atoms with van der Waals surface area (Å²) in [5.41, 5.74) is 1.44. The molecule has 1 spiro atoms. The van der Waals surface area contributed by atoms with Gasteiger partial charge < -0.3 is 24.0 Å². The predicted molar refractivity (Wildman–Crippen MR) is 173 cm³/mol. The second-order valence-electron chi connectivity index (χ2n) is 14.4. The van der Waals surface area contributed by atoms with Crippen LogP contribution in [0.15, 0.2) is 43.0 Å². The van der Waals surface area contributed by atoms with E-state index in [1.165, 1.54) is 24.5 Å². The van der Waals surface area contributed by atoms with Crippen molar-refractivity contribution in [3.63, 3.8) is 0 Å². The van der Waals surface area contributed by atoms with Crippen LogP contribution in [0.4, 0.5) is 15.0 Å². The van der Waals surface area contributed by atoms with E-state index in [2.05, 4.69) is 19.9 Å². The number of hydrogen-bond donors (Lipinski definition) is 0. The van der Waals surface area contributed by atoms with Crippen molar-refractivity contribution >= 4 is 17.8 Å². The smallest absolute Gasteiger partial charge is 0.410 e. The number of hydrogen-bond acceptors (Lipinski definition) is 9. The first kappa shape index (κ1) is 32.5. The van der Waals surface area contributed by atoms with Crippen LogP contribution in [0.3, 0.4) is 0 Å². The largest absolute Gasteiger partial charge is 0.490 e. The Morgan fingerprint density at radius 2 is 1.72 bits per heavy atom. The summed E-state index contributed by atoms with van der Waals surface area (Å²) in [6, 6.07) is 5.70. The number of fused-ring (bicyclic) bond motifs is 1. The molecule has 4 heterocycles. The summed E-state index contributed by atoms with van der Waals surface area (Å²) in [6.07, 6.45) is 6.24. The van der Waals surface area contributed by atoms with E-state index in [4.69, 9.17) is 14.2 Å². The maximum atomic E-state index is 14.4. The van der Waals surface area contributed by atoms with Crippen molar-refractivity contribution < 1.29 is 28.2 Å². The molecule has 1 aromatic carbocycles. The molecule has 47 heavy (non-hydrogen) atoms. The number of carbonyl (C=O) groups excluding carboxylic acids is 2. The molecular formula is C35H43FN6O5. The molecule has 0 bridgehead atoms. The van der Waals surface area contributed by atoms with E-state index in [-0.39, 0.29) is 46.9 Å². The molecule has 1 saturated heterocycles.